The van der Waals surface area contributed by atoms with E-state index in [2.05, 4.69) is 35.5 Å². The molecule has 5 nitrogen and oxygen atoms in total. The molecule has 1 amide bonds. The summed E-state index contributed by atoms with van der Waals surface area (Å²) < 4.78 is 2.24. The van der Waals surface area contributed by atoms with E-state index in [1.165, 1.54) is 5.56 Å². The van der Waals surface area contributed by atoms with Crippen molar-refractivity contribution >= 4 is 17.1 Å². The molecule has 0 saturated carbocycles. The lowest BCUT2D eigenvalue weighted by Crippen LogP contribution is -2.30. The molecule has 0 radical (unpaired) electrons. The average Bonchev–Trinajstić information content (AvgIpc) is 3.27. The second-order valence-corrected chi connectivity index (χ2v) is 7.46. The minimum atomic E-state index is 0.208. The van der Waals surface area contributed by atoms with Crippen LogP contribution in [0.25, 0.3) is 11.2 Å². The summed E-state index contributed by atoms with van der Waals surface area (Å²) in [7, 11) is 0. The Balaban J connectivity index is 1.52. The zero-order valence-corrected chi connectivity index (χ0v) is 16.1. The Bertz CT molecular complexity index is 962. The first-order valence-electron chi connectivity index (χ1n) is 9.80. The standard InChI is InChI=1S/C22H26N4O/c1-3-11-26-21(24-19-8-5-10-23-22(19)26)18-9-12-25(15-18)20(27)14-17-7-4-6-16(2)13-17/h4-8,10,13,18H,3,9,11-12,14-15H2,1-2H3/t18-/m0/s1. The summed E-state index contributed by atoms with van der Waals surface area (Å²) in [5.41, 5.74) is 4.19. The fourth-order valence-corrected chi connectivity index (χ4v) is 4.04. The number of carbonyl (C=O) groups is 1. The van der Waals surface area contributed by atoms with Gasteiger partial charge in [-0.1, -0.05) is 36.8 Å². The molecular formula is C22H26N4O. The van der Waals surface area contributed by atoms with Gasteiger partial charge in [-0.2, -0.15) is 0 Å². The van der Waals surface area contributed by atoms with Gasteiger partial charge in [0.25, 0.3) is 0 Å². The number of nitrogens with zero attached hydrogens (tertiary/aromatic N) is 4. The van der Waals surface area contributed by atoms with E-state index in [1.54, 1.807) is 0 Å². The molecular weight excluding hydrogens is 336 g/mol. The van der Waals surface area contributed by atoms with Crippen LogP contribution in [0.5, 0.6) is 0 Å². The van der Waals surface area contributed by atoms with Crippen LogP contribution in [0, 0.1) is 6.92 Å². The Kier molecular flexibility index (Phi) is 4.92. The minimum Gasteiger partial charge on any atom is -0.342 e. The summed E-state index contributed by atoms with van der Waals surface area (Å²) in [4.78, 5) is 24.2. The number of aromatic nitrogens is 3. The number of imidazole rings is 1. The molecule has 5 heteroatoms. The number of hydrogen-bond donors (Lipinski definition) is 0. The first-order chi connectivity index (χ1) is 13.2. The number of rotatable bonds is 5. The molecule has 0 spiro atoms. The molecule has 1 aromatic carbocycles. The number of amides is 1. The van der Waals surface area contributed by atoms with E-state index < -0.39 is 0 Å². The molecule has 1 aliphatic rings. The minimum absolute atomic E-state index is 0.208. The van der Waals surface area contributed by atoms with Crippen molar-refractivity contribution < 1.29 is 4.79 Å². The number of fused-ring (bicyclic) bond motifs is 1. The van der Waals surface area contributed by atoms with Crippen molar-refractivity contribution in [3.8, 4) is 0 Å². The molecule has 0 unspecified atom stereocenters. The fourth-order valence-electron chi connectivity index (χ4n) is 4.04. The molecule has 140 valence electrons. The highest BCUT2D eigenvalue weighted by Gasteiger charge is 2.31. The Morgan fingerprint density at radius 3 is 2.96 bits per heavy atom. The molecule has 1 atom stereocenters. The van der Waals surface area contributed by atoms with E-state index in [9.17, 15) is 4.79 Å². The van der Waals surface area contributed by atoms with Crippen LogP contribution >= 0.6 is 0 Å². The van der Waals surface area contributed by atoms with Crippen molar-refractivity contribution in [3.63, 3.8) is 0 Å². The van der Waals surface area contributed by atoms with Gasteiger partial charge in [0.2, 0.25) is 5.91 Å². The first kappa shape index (κ1) is 17.7. The van der Waals surface area contributed by atoms with Crippen molar-refractivity contribution in [1.82, 2.24) is 19.4 Å². The van der Waals surface area contributed by atoms with Gasteiger partial charge in [0, 0.05) is 31.7 Å². The van der Waals surface area contributed by atoms with Gasteiger partial charge in [-0.15, -0.1) is 0 Å². The molecule has 4 rings (SSSR count). The molecule has 1 saturated heterocycles. The van der Waals surface area contributed by atoms with Gasteiger partial charge in [-0.3, -0.25) is 4.79 Å². The predicted molar refractivity (Wildman–Crippen MR) is 107 cm³/mol. The van der Waals surface area contributed by atoms with Crippen molar-refractivity contribution in [3.05, 3.63) is 59.5 Å². The van der Waals surface area contributed by atoms with Crippen molar-refractivity contribution in [2.45, 2.75) is 45.6 Å². The Hall–Kier alpha value is -2.69. The van der Waals surface area contributed by atoms with E-state index in [1.807, 2.05) is 35.4 Å². The monoisotopic (exact) mass is 362 g/mol. The summed E-state index contributed by atoms with van der Waals surface area (Å²) in [6, 6.07) is 12.2. The summed E-state index contributed by atoms with van der Waals surface area (Å²) in [6.45, 7) is 6.70. The van der Waals surface area contributed by atoms with Crippen LogP contribution < -0.4 is 0 Å². The quantitative estimate of drug-likeness (QED) is 0.695. The third kappa shape index (κ3) is 3.59. The normalized spacial score (nSPS) is 17.0. The zero-order chi connectivity index (χ0) is 18.8. The summed E-state index contributed by atoms with van der Waals surface area (Å²) >= 11 is 0. The highest BCUT2D eigenvalue weighted by Crippen LogP contribution is 2.29. The lowest BCUT2D eigenvalue weighted by Gasteiger charge is -2.17. The third-order valence-electron chi connectivity index (χ3n) is 5.32. The third-order valence-corrected chi connectivity index (χ3v) is 5.32. The van der Waals surface area contributed by atoms with Gasteiger partial charge in [0.1, 0.15) is 11.3 Å². The summed E-state index contributed by atoms with van der Waals surface area (Å²) in [5, 5.41) is 0. The molecule has 0 aliphatic carbocycles. The number of carbonyl (C=O) groups excluding carboxylic acids is 1. The average molecular weight is 362 g/mol. The largest absolute Gasteiger partial charge is 0.342 e. The lowest BCUT2D eigenvalue weighted by atomic mass is 10.1. The highest BCUT2D eigenvalue weighted by molar-refractivity contribution is 5.79. The first-order valence-corrected chi connectivity index (χ1v) is 9.80. The van der Waals surface area contributed by atoms with E-state index in [0.717, 1.165) is 55.0 Å². The van der Waals surface area contributed by atoms with Gasteiger partial charge >= 0.3 is 0 Å². The van der Waals surface area contributed by atoms with Crippen LogP contribution in [0.4, 0.5) is 0 Å². The van der Waals surface area contributed by atoms with E-state index in [-0.39, 0.29) is 11.8 Å². The highest BCUT2D eigenvalue weighted by atomic mass is 16.2. The molecule has 3 aromatic rings. The van der Waals surface area contributed by atoms with Gasteiger partial charge < -0.3 is 9.47 Å². The maximum atomic E-state index is 12.8. The van der Waals surface area contributed by atoms with Crippen molar-refractivity contribution in [1.29, 1.82) is 0 Å². The second-order valence-electron chi connectivity index (χ2n) is 7.46. The van der Waals surface area contributed by atoms with E-state index in [0.29, 0.717) is 6.42 Å². The van der Waals surface area contributed by atoms with Crippen molar-refractivity contribution in [2.75, 3.05) is 13.1 Å². The number of aryl methyl sites for hydroxylation is 2. The smallest absolute Gasteiger partial charge is 0.227 e. The second kappa shape index (κ2) is 7.51. The van der Waals surface area contributed by atoms with Gasteiger partial charge in [-0.05, 0) is 37.5 Å². The zero-order valence-electron chi connectivity index (χ0n) is 16.1. The van der Waals surface area contributed by atoms with Gasteiger partial charge in [0.15, 0.2) is 5.65 Å². The SMILES string of the molecule is CCCn1c([C@H]2CCN(C(=O)Cc3cccc(C)c3)C2)nc2cccnc21. The molecule has 1 fully saturated rings. The maximum Gasteiger partial charge on any atom is 0.227 e. The van der Waals surface area contributed by atoms with E-state index >= 15 is 0 Å². The molecule has 0 N–H and O–H groups in total. The molecule has 0 bridgehead atoms. The Labute approximate surface area is 160 Å². The van der Waals surface area contributed by atoms with E-state index in [4.69, 9.17) is 4.98 Å². The van der Waals surface area contributed by atoms with Crippen LogP contribution in [-0.4, -0.2) is 38.4 Å². The maximum absolute atomic E-state index is 12.8. The van der Waals surface area contributed by atoms with Gasteiger partial charge in [0.05, 0.1) is 6.42 Å². The summed E-state index contributed by atoms with van der Waals surface area (Å²) in [6.07, 6.45) is 4.30. The number of likely N-dealkylation sites (tertiary alicyclic amines) is 1. The van der Waals surface area contributed by atoms with Crippen LogP contribution in [0.1, 0.15) is 42.6 Å². The molecule has 3 heterocycles. The van der Waals surface area contributed by atoms with Crippen molar-refractivity contribution in [2.24, 2.45) is 0 Å². The van der Waals surface area contributed by atoms with Crippen LogP contribution in [0.3, 0.4) is 0 Å². The molecule has 27 heavy (non-hydrogen) atoms. The Morgan fingerprint density at radius 1 is 1.26 bits per heavy atom. The van der Waals surface area contributed by atoms with Gasteiger partial charge in [-0.25, -0.2) is 9.97 Å². The number of benzene rings is 1. The lowest BCUT2D eigenvalue weighted by molar-refractivity contribution is -0.129. The van der Waals surface area contributed by atoms with Crippen LogP contribution in [0.15, 0.2) is 42.6 Å². The van der Waals surface area contributed by atoms with Crippen LogP contribution in [-0.2, 0) is 17.8 Å². The van der Waals surface area contributed by atoms with Crippen LogP contribution in [0.2, 0.25) is 0 Å². The topological polar surface area (TPSA) is 51.0 Å². The number of hydrogen-bond acceptors (Lipinski definition) is 3. The fraction of sp³-hybridized carbons (Fsp3) is 0.409. The predicted octanol–water partition coefficient (Wildman–Crippen LogP) is 3.71. The molecule has 2 aromatic heterocycles. The summed E-state index contributed by atoms with van der Waals surface area (Å²) in [5.74, 6) is 1.57. The molecule has 1 aliphatic heterocycles. The Morgan fingerprint density at radius 2 is 2.15 bits per heavy atom. The number of pyridine rings is 1.